The molecule has 2 aromatic carbocycles. The van der Waals surface area contributed by atoms with Crippen LogP contribution in [0.1, 0.15) is 41.9 Å². The van der Waals surface area contributed by atoms with Crippen LogP contribution >= 0.6 is 23.2 Å². The van der Waals surface area contributed by atoms with Crippen LogP contribution in [0.3, 0.4) is 0 Å². The van der Waals surface area contributed by atoms with Crippen molar-refractivity contribution in [2.45, 2.75) is 50.4 Å². The Hall–Kier alpha value is -3.70. The molecular formula is C34H40Cl2N8O2. The van der Waals surface area contributed by atoms with E-state index in [0.717, 1.165) is 58.5 Å². The van der Waals surface area contributed by atoms with Crippen LogP contribution in [0.2, 0.25) is 10.0 Å². The van der Waals surface area contributed by atoms with E-state index in [1.165, 1.54) is 26.1 Å². The van der Waals surface area contributed by atoms with Crippen molar-refractivity contribution in [2.24, 2.45) is 14.1 Å². The number of likely N-dealkylation sites (tertiary alicyclic amines) is 2. The number of halogens is 2. The zero-order valence-corrected chi connectivity index (χ0v) is 27.7. The van der Waals surface area contributed by atoms with E-state index in [9.17, 15) is 9.59 Å². The molecule has 2 aromatic heterocycles. The molecule has 2 fully saturated rings. The Morgan fingerprint density at radius 2 is 1.37 bits per heavy atom. The molecule has 0 amide bonds. The third-order valence-electron chi connectivity index (χ3n) is 8.98. The van der Waals surface area contributed by atoms with Gasteiger partial charge in [0.1, 0.15) is 10.0 Å². The van der Waals surface area contributed by atoms with Gasteiger partial charge in [0, 0.05) is 58.9 Å². The van der Waals surface area contributed by atoms with Crippen LogP contribution in [0.4, 0.5) is 11.4 Å². The fourth-order valence-electron chi connectivity index (χ4n) is 6.69. The van der Waals surface area contributed by atoms with Crippen molar-refractivity contribution in [3.8, 4) is 0 Å². The minimum Gasteiger partial charge on any atom is -0.378 e. The van der Waals surface area contributed by atoms with Gasteiger partial charge in [0.05, 0.1) is 23.8 Å². The summed E-state index contributed by atoms with van der Waals surface area (Å²) in [7, 11) is 3.20. The van der Waals surface area contributed by atoms with Crippen LogP contribution < -0.4 is 21.8 Å². The van der Waals surface area contributed by atoms with Gasteiger partial charge in [0.2, 0.25) is 0 Å². The molecule has 0 radical (unpaired) electrons. The monoisotopic (exact) mass is 662 g/mol. The number of piperidine rings is 2. The lowest BCUT2D eigenvalue weighted by molar-refractivity contribution is 0.188. The first kappa shape index (κ1) is 32.2. The molecule has 0 saturated carbocycles. The molecule has 12 heteroatoms. The van der Waals surface area contributed by atoms with Gasteiger partial charge in [0.25, 0.3) is 11.1 Å². The average Bonchev–Trinajstić information content (AvgIpc) is 3.06. The smallest absolute Gasteiger partial charge is 0.287 e. The highest BCUT2D eigenvalue weighted by molar-refractivity contribution is 6.33. The van der Waals surface area contributed by atoms with Gasteiger partial charge >= 0.3 is 0 Å². The molecular weight excluding hydrogens is 623 g/mol. The second-order valence-corrected chi connectivity index (χ2v) is 13.3. The van der Waals surface area contributed by atoms with Gasteiger partial charge in [-0.15, -0.1) is 0 Å². The molecule has 1 unspecified atom stereocenters. The fourth-order valence-corrected chi connectivity index (χ4v) is 7.14. The molecule has 2 aliphatic heterocycles. The molecule has 4 heterocycles. The first-order chi connectivity index (χ1) is 22.2. The lowest BCUT2D eigenvalue weighted by atomic mass is 9.87. The first-order valence-corrected chi connectivity index (χ1v) is 16.5. The van der Waals surface area contributed by atoms with Crippen LogP contribution in [-0.2, 0) is 27.2 Å². The Morgan fingerprint density at radius 3 is 2.07 bits per heavy atom. The normalized spacial score (nSPS) is 20.8. The molecule has 2 saturated heterocycles. The number of nitrogens with one attached hydrogen (secondary N) is 2. The number of aryl methyl sites for hydroxylation is 2. The van der Waals surface area contributed by atoms with Crippen LogP contribution in [-0.4, -0.2) is 67.6 Å². The largest absolute Gasteiger partial charge is 0.378 e. The highest BCUT2D eigenvalue weighted by atomic mass is 35.5. The van der Waals surface area contributed by atoms with Crippen LogP contribution in [0.5, 0.6) is 0 Å². The van der Waals surface area contributed by atoms with Crippen LogP contribution in [0, 0.1) is 0 Å². The number of benzene rings is 2. The number of hydrogen-bond donors (Lipinski definition) is 2. The van der Waals surface area contributed by atoms with Crippen molar-refractivity contribution >= 4 is 34.6 Å². The van der Waals surface area contributed by atoms with E-state index < -0.39 is 0 Å². The van der Waals surface area contributed by atoms with Crippen molar-refractivity contribution in [2.75, 3.05) is 36.8 Å². The zero-order valence-electron chi connectivity index (χ0n) is 26.2. The van der Waals surface area contributed by atoms with E-state index in [-0.39, 0.29) is 33.2 Å². The Bertz CT molecular complexity index is 1780. The third kappa shape index (κ3) is 7.63. The van der Waals surface area contributed by atoms with E-state index in [0.29, 0.717) is 17.3 Å². The van der Waals surface area contributed by atoms with Gasteiger partial charge in [0.15, 0.2) is 0 Å². The number of anilines is 2. The Morgan fingerprint density at radius 1 is 0.761 bits per heavy atom. The minimum absolute atomic E-state index is 0.0857. The van der Waals surface area contributed by atoms with Crippen LogP contribution in [0.15, 0.2) is 76.6 Å². The highest BCUT2D eigenvalue weighted by Crippen LogP contribution is 2.31. The zero-order chi connectivity index (χ0) is 32.2. The molecule has 4 aromatic rings. The molecule has 0 bridgehead atoms. The summed E-state index contributed by atoms with van der Waals surface area (Å²) >= 11 is 12.8. The van der Waals surface area contributed by atoms with E-state index in [4.69, 9.17) is 23.2 Å². The summed E-state index contributed by atoms with van der Waals surface area (Å²) in [5.74, 6) is 0.291. The lowest BCUT2D eigenvalue weighted by Crippen LogP contribution is -2.45. The average molecular weight is 664 g/mol. The topological polar surface area (TPSA) is 100 Å². The summed E-state index contributed by atoms with van der Waals surface area (Å²) in [5.41, 5.74) is 4.40. The summed E-state index contributed by atoms with van der Waals surface area (Å²) in [6.07, 6.45) is 6.22. The number of nitrogens with zero attached hydrogens (tertiary/aromatic N) is 6. The van der Waals surface area contributed by atoms with E-state index >= 15 is 0 Å². The first-order valence-electron chi connectivity index (χ1n) is 15.8. The second-order valence-electron chi connectivity index (χ2n) is 12.5. The summed E-state index contributed by atoms with van der Waals surface area (Å²) < 4.78 is 2.50. The molecule has 2 aliphatic rings. The molecule has 0 spiro atoms. The summed E-state index contributed by atoms with van der Waals surface area (Å²) in [6, 6.07) is 19.7. The fraction of sp³-hybridized carbons (Fsp3) is 0.412. The molecule has 3 atom stereocenters. The van der Waals surface area contributed by atoms with E-state index in [2.05, 4.69) is 79.2 Å². The van der Waals surface area contributed by atoms with Gasteiger partial charge < -0.3 is 10.6 Å². The molecule has 10 nitrogen and oxygen atoms in total. The van der Waals surface area contributed by atoms with E-state index in [1.54, 1.807) is 26.5 Å². The van der Waals surface area contributed by atoms with Gasteiger partial charge in [-0.1, -0.05) is 77.8 Å². The van der Waals surface area contributed by atoms with Crippen molar-refractivity contribution in [1.29, 1.82) is 0 Å². The molecule has 2 N–H and O–H groups in total. The molecule has 0 aliphatic carbocycles. The number of hydrogen-bond acceptors (Lipinski definition) is 8. The lowest BCUT2D eigenvalue weighted by Gasteiger charge is -2.39. The number of aromatic nitrogens is 4. The SMILES string of the molecule is Cn1ncc(N[C@@H]2CCCN(Cc3cccc(C4C[C@H](Nc5cnn(C)c(=O)c5Cl)CN(Cc5ccccc5)C4)c3)C2)c(Cl)c1=O. The molecule has 242 valence electrons. The second kappa shape index (κ2) is 14.4. The molecule has 6 rings (SSSR count). The van der Waals surface area contributed by atoms with Crippen molar-refractivity contribution in [3.05, 3.63) is 114 Å². The van der Waals surface area contributed by atoms with Gasteiger partial charge in [-0.3, -0.25) is 19.4 Å². The summed E-state index contributed by atoms with van der Waals surface area (Å²) in [6.45, 7) is 5.29. The highest BCUT2D eigenvalue weighted by Gasteiger charge is 2.30. The van der Waals surface area contributed by atoms with Crippen molar-refractivity contribution < 1.29 is 0 Å². The van der Waals surface area contributed by atoms with Crippen molar-refractivity contribution in [1.82, 2.24) is 29.4 Å². The predicted octanol–water partition coefficient (Wildman–Crippen LogP) is 4.73. The Labute approximate surface area is 278 Å². The molecule has 46 heavy (non-hydrogen) atoms. The third-order valence-corrected chi connectivity index (χ3v) is 9.72. The maximum Gasteiger partial charge on any atom is 0.287 e. The van der Waals surface area contributed by atoms with Crippen LogP contribution in [0.25, 0.3) is 0 Å². The standard InChI is InChI=1S/C34H40Cl2N8O2/c1-41-33(45)31(35)29(16-37-41)39-27-12-7-13-43(21-27)19-24-10-6-11-25(14-24)26-15-28(40-30-17-38-42(2)34(46)32(30)36)22-44(20-26)18-23-8-4-3-5-9-23/h3-6,8-11,14,16-17,26-28,39-40H,7,12-13,15,18-22H2,1-2H3/t26?,27-,28+/m1/s1. The maximum absolute atomic E-state index is 12.5. The van der Waals surface area contributed by atoms with Gasteiger partial charge in [-0.05, 0) is 48.4 Å². The maximum atomic E-state index is 12.5. The Kier molecular flexibility index (Phi) is 10.1. The summed E-state index contributed by atoms with van der Waals surface area (Å²) in [4.78, 5) is 29.7. The van der Waals surface area contributed by atoms with Gasteiger partial charge in [-0.2, -0.15) is 10.2 Å². The minimum atomic E-state index is -0.309. The Balaban J connectivity index is 1.16. The summed E-state index contributed by atoms with van der Waals surface area (Å²) in [5, 5.41) is 15.7. The number of rotatable bonds is 9. The predicted molar refractivity (Wildman–Crippen MR) is 184 cm³/mol. The van der Waals surface area contributed by atoms with E-state index in [1.807, 2.05) is 6.07 Å². The quantitative estimate of drug-likeness (QED) is 0.266. The van der Waals surface area contributed by atoms with Crippen molar-refractivity contribution in [3.63, 3.8) is 0 Å². The van der Waals surface area contributed by atoms with Gasteiger partial charge in [-0.25, -0.2) is 9.36 Å².